The summed E-state index contributed by atoms with van der Waals surface area (Å²) in [6.45, 7) is 6.17. The molecule has 0 radical (unpaired) electrons. The van der Waals surface area contributed by atoms with Crippen LogP contribution < -0.4 is 10.1 Å². The van der Waals surface area contributed by atoms with Crippen molar-refractivity contribution in [2.45, 2.75) is 26.0 Å². The van der Waals surface area contributed by atoms with E-state index < -0.39 is 6.10 Å². The number of nitrogens with one attached hydrogen (secondary N) is 1. The smallest absolute Gasteiger partial charge is 0.263 e. The van der Waals surface area contributed by atoms with E-state index in [2.05, 4.69) is 5.32 Å². The number of hydrogen-bond donors (Lipinski definition) is 1. The van der Waals surface area contributed by atoms with Gasteiger partial charge in [0.05, 0.1) is 5.02 Å². The molecule has 0 aliphatic carbocycles. The van der Waals surface area contributed by atoms with E-state index in [4.69, 9.17) is 16.3 Å². The van der Waals surface area contributed by atoms with Crippen molar-refractivity contribution in [2.75, 3.05) is 19.6 Å². The van der Waals surface area contributed by atoms with Crippen LogP contribution in [-0.4, -0.2) is 42.6 Å². The maximum Gasteiger partial charge on any atom is 0.263 e. The first-order chi connectivity index (χ1) is 9.09. The summed E-state index contributed by atoms with van der Waals surface area (Å²) in [6.07, 6.45) is -0.527. The van der Waals surface area contributed by atoms with Gasteiger partial charge in [-0.25, -0.2) is 0 Å². The highest BCUT2D eigenvalue weighted by Gasteiger charge is 2.28. The number of hydrogen-bond acceptors (Lipinski definition) is 3. The molecule has 1 aromatic carbocycles. The van der Waals surface area contributed by atoms with Gasteiger partial charge in [-0.1, -0.05) is 23.7 Å². The highest BCUT2D eigenvalue weighted by atomic mass is 35.5. The topological polar surface area (TPSA) is 41.6 Å². The van der Waals surface area contributed by atoms with Gasteiger partial charge in [0, 0.05) is 25.7 Å². The summed E-state index contributed by atoms with van der Waals surface area (Å²) < 4.78 is 5.66. The Hall–Kier alpha value is -1.26. The summed E-state index contributed by atoms with van der Waals surface area (Å²) in [5, 5.41) is 3.78. The Morgan fingerprint density at radius 3 is 2.95 bits per heavy atom. The van der Waals surface area contributed by atoms with Gasteiger partial charge in [0.2, 0.25) is 0 Å². The van der Waals surface area contributed by atoms with Crippen LogP contribution in [0.15, 0.2) is 24.3 Å². The molecular formula is C14H19ClN2O2. The Morgan fingerprint density at radius 2 is 2.26 bits per heavy atom. The fourth-order valence-electron chi connectivity index (χ4n) is 2.18. The minimum Gasteiger partial charge on any atom is -0.479 e. The third-order valence-electron chi connectivity index (χ3n) is 3.27. The van der Waals surface area contributed by atoms with Crippen molar-refractivity contribution in [2.24, 2.45) is 0 Å². The van der Waals surface area contributed by atoms with E-state index >= 15 is 0 Å². The number of ether oxygens (including phenoxy) is 1. The lowest BCUT2D eigenvalue weighted by Gasteiger charge is -2.35. The van der Waals surface area contributed by atoms with Crippen molar-refractivity contribution in [1.29, 1.82) is 0 Å². The van der Waals surface area contributed by atoms with Gasteiger partial charge in [-0.05, 0) is 26.0 Å². The van der Waals surface area contributed by atoms with E-state index in [1.165, 1.54) is 0 Å². The molecule has 1 aliphatic heterocycles. The number of piperazine rings is 1. The number of nitrogens with zero attached hydrogens (tertiary/aromatic N) is 1. The largest absolute Gasteiger partial charge is 0.479 e. The fourth-order valence-corrected chi connectivity index (χ4v) is 2.36. The molecule has 0 bridgehead atoms. The molecule has 5 heteroatoms. The average molecular weight is 283 g/mol. The Kier molecular flexibility index (Phi) is 4.66. The second-order valence-electron chi connectivity index (χ2n) is 4.78. The molecule has 0 spiro atoms. The molecule has 19 heavy (non-hydrogen) atoms. The number of rotatable bonds is 3. The molecule has 1 aromatic rings. The second-order valence-corrected chi connectivity index (χ2v) is 5.18. The minimum atomic E-state index is -0.527. The normalized spacial score (nSPS) is 21.0. The van der Waals surface area contributed by atoms with Crippen LogP contribution in [0.3, 0.4) is 0 Å². The molecular weight excluding hydrogens is 264 g/mol. The number of para-hydroxylation sites is 1. The Labute approximate surface area is 118 Å². The van der Waals surface area contributed by atoms with Gasteiger partial charge in [0.15, 0.2) is 6.10 Å². The molecule has 1 unspecified atom stereocenters. The average Bonchev–Trinajstić information content (AvgIpc) is 2.41. The monoisotopic (exact) mass is 282 g/mol. The molecule has 104 valence electrons. The van der Waals surface area contributed by atoms with E-state index in [1.54, 1.807) is 19.1 Å². The predicted molar refractivity (Wildman–Crippen MR) is 75.6 cm³/mol. The summed E-state index contributed by atoms with van der Waals surface area (Å²) in [6, 6.07) is 7.39. The Bertz CT molecular complexity index is 453. The first kappa shape index (κ1) is 14.2. The number of benzene rings is 1. The maximum atomic E-state index is 12.4. The van der Waals surface area contributed by atoms with E-state index in [1.807, 2.05) is 24.0 Å². The molecule has 0 aromatic heterocycles. The van der Waals surface area contributed by atoms with Crippen LogP contribution in [0.25, 0.3) is 0 Å². The third kappa shape index (κ3) is 3.39. The molecule has 1 N–H and O–H groups in total. The summed E-state index contributed by atoms with van der Waals surface area (Å²) in [5.74, 6) is 0.557. The van der Waals surface area contributed by atoms with Gasteiger partial charge in [-0.15, -0.1) is 0 Å². The standard InChI is InChI=1S/C14H19ClN2O2/c1-10-9-16-7-8-17(10)14(18)11(2)19-13-6-4-3-5-12(13)15/h3-6,10-11,16H,7-9H2,1-2H3/t10-,11?/m1/s1. The van der Waals surface area contributed by atoms with Gasteiger partial charge in [0.1, 0.15) is 5.75 Å². The van der Waals surface area contributed by atoms with Crippen LogP contribution in [0.5, 0.6) is 5.75 Å². The van der Waals surface area contributed by atoms with Crippen LogP contribution in [0.4, 0.5) is 0 Å². The van der Waals surface area contributed by atoms with Crippen LogP contribution >= 0.6 is 11.6 Å². The van der Waals surface area contributed by atoms with Crippen molar-refractivity contribution in [3.63, 3.8) is 0 Å². The van der Waals surface area contributed by atoms with Crippen LogP contribution in [0.1, 0.15) is 13.8 Å². The quantitative estimate of drug-likeness (QED) is 0.921. The molecule has 1 heterocycles. The first-order valence-corrected chi connectivity index (χ1v) is 6.90. The lowest BCUT2D eigenvalue weighted by Crippen LogP contribution is -2.55. The van der Waals surface area contributed by atoms with Gasteiger partial charge in [-0.3, -0.25) is 4.79 Å². The van der Waals surface area contributed by atoms with Crippen molar-refractivity contribution < 1.29 is 9.53 Å². The highest BCUT2D eigenvalue weighted by molar-refractivity contribution is 6.32. The maximum absolute atomic E-state index is 12.4. The number of carbonyl (C=O) groups is 1. The molecule has 1 saturated heterocycles. The summed E-state index contributed by atoms with van der Waals surface area (Å²) >= 11 is 6.03. The van der Waals surface area contributed by atoms with Gasteiger partial charge in [-0.2, -0.15) is 0 Å². The van der Waals surface area contributed by atoms with Crippen LogP contribution in [-0.2, 0) is 4.79 Å². The van der Waals surface area contributed by atoms with E-state index in [0.29, 0.717) is 10.8 Å². The van der Waals surface area contributed by atoms with Crippen molar-refractivity contribution >= 4 is 17.5 Å². The number of carbonyl (C=O) groups excluding carboxylic acids is 1. The van der Waals surface area contributed by atoms with Gasteiger partial charge in [0.25, 0.3) is 5.91 Å². The lowest BCUT2D eigenvalue weighted by molar-refractivity contribution is -0.140. The number of amides is 1. The Morgan fingerprint density at radius 1 is 1.53 bits per heavy atom. The molecule has 1 aliphatic rings. The van der Waals surface area contributed by atoms with Gasteiger partial charge < -0.3 is 15.0 Å². The molecule has 1 amide bonds. The van der Waals surface area contributed by atoms with Crippen LogP contribution in [0, 0.1) is 0 Å². The second kappa shape index (κ2) is 6.26. The van der Waals surface area contributed by atoms with Crippen molar-refractivity contribution in [3.05, 3.63) is 29.3 Å². The van der Waals surface area contributed by atoms with Gasteiger partial charge >= 0.3 is 0 Å². The van der Waals surface area contributed by atoms with E-state index in [9.17, 15) is 4.79 Å². The molecule has 2 rings (SSSR count). The van der Waals surface area contributed by atoms with E-state index in [-0.39, 0.29) is 11.9 Å². The zero-order chi connectivity index (χ0) is 13.8. The SMILES string of the molecule is CC(Oc1ccccc1Cl)C(=O)N1CCNC[C@H]1C. The summed E-state index contributed by atoms with van der Waals surface area (Å²) in [7, 11) is 0. The number of halogens is 1. The minimum absolute atomic E-state index is 0.00826. The van der Waals surface area contributed by atoms with E-state index in [0.717, 1.165) is 19.6 Å². The van der Waals surface area contributed by atoms with Crippen molar-refractivity contribution in [3.8, 4) is 5.75 Å². The molecule has 2 atom stereocenters. The molecule has 0 saturated carbocycles. The Balaban J connectivity index is 2.01. The highest BCUT2D eigenvalue weighted by Crippen LogP contribution is 2.24. The summed E-state index contributed by atoms with van der Waals surface area (Å²) in [4.78, 5) is 14.2. The fraction of sp³-hybridized carbons (Fsp3) is 0.500. The van der Waals surface area contributed by atoms with Crippen LogP contribution in [0.2, 0.25) is 5.02 Å². The molecule has 4 nitrogen and oxygen atoms in total. The summed E-state index contributed by atoms with van der Waals surface area (Å²) in [5.41, 5.74) is 0. The lowest BCUT2D eigenvalue weighted by atomic mass is 10.2. The zero-order valence-electron chi connectivity index (χ0n) is 11.2. The third-order valence-corrected chi connectivity index (χ3v) is 3.58. The first-order valence-electron chi connectivity index (χ1n) is 6.52. The zero-order valence-corrected chi connectivity index (χ0v) is 12.0. The van der Waals surface area contributed by atoms with Crippen molar-refractivity contribution in [1.82, 2.24) is 10.2 Å². The predicted octanol–water partition coefficient (Wildman–Crippen LogP) is 1.93. The molecule has 1 fully saturated rings.